The van der Waals surface area contributed by atoms with E-state index in [1.807, 2.05) is 28.7 Å². The number of methoxy groups -OCH3 is 1. The fraction of sp³-hybridized carbons (Fsp3) is 0.111. The minimum absolute atomic E-state index is 0.295. The van der Waals surface area contributed by atoms with Crippen LogP contribution in [0, 0.1) is 14.9 Å². The topological polar surface area (TPSA) is 50.1 Å². The molecule has 0 aliphatic rings. The molecule has 14 heavy (non-hydrogen) atoms. The van der Waals surface area contributed by atoms with E-state index in [4.69, 9.17) is 21.6 Å². The number of rotatable bonds is 2. The number of carbonyl (C=O) groups is 1. The third-order valence-electron chi connectivity index (χ3n) is 1.61. The molecule has 5 heteroatoms. The number of benzene rings is 1. The molecule has 0 N–H and O–H groups in total. The molecule has 0 spiro atoms. The Bertz CT molecular complexity index is 426. The monoisotopic (exact) mass is 321 g/mol. The summed E-state index contributed by atoms with van der Waals surface area (Å²) in [6.45, 7) is 0. The fourth-order valence-electron chi connectivity index (χ4n) is 0.940. The minimum atomic E-state index is -0.593. The highest BCUT2D eigenvalue weighted by Crippen LogP contribution is 2.24. The van der Waals surface area contributed by atoms with Gasteiger partial charge < -0.3 is 4.74 Å². The maximum absolute atomic E-state index is 11.0. The summed E-state index contributed by atoms with van der Waals surface area (Å²) in [5.41, 5.74) is 0.678. The van der Waals surface area contributed by atoms with Gasteiger partial charge in [0, 0.05) is 3.57 Å². The van der Waals surface area contributed by atoms with Crippen molar-refractivity contribution in [2.45, 2.75) is 0 Å². The first-order chi connectivity index (χ1) is 6.60. The largest absolute Gasteiger partial charge is 0.497 e. The molecule has 0 saturated heterocycles. The van der Waals surface area contributed by atoms with Gasteiger partial charge in [0.05, 0.1) is 18.2 Å². The Morgan fingerprint density at radius 2 is 2.29 bits per heavy atom. The van der Waals surface area contributed by atoms with Crippen LogP contribution in [0.1, 0.15) is 15.9 Å². The first kappa shape index (κ1) is 11.3. The molecule has 1 aromatic carbocycles. The summed E-state index contributed by atoms with van der Waals surface area (Å²) in [6, 6.07) is 5.04. The van der Waals surface area contributed by atoms with Crippen LogP contribution in [0.15, 0.2) is 12.1 Å². The van der Waals surface area contributed by atoms with Crippen LogP contribution >= 0.6 is 34.2 Å². The molecule has 0 aliphatic heterocycles. The van der Waals surface area contributed by atoms with E-state index < -0.39 is 5.24 Å². The Kier molecular flexibility index (Phi) is 3.72. The van der Waals surface area contributed by atoms with Crippen molar-refractivity contribution < 1.29 is 9.53 Å². The van der Waals surface area contributed by atoms with Crippen LogP contribution < -0.4 is 4.74 Å². The molecule has 0 aliphatic carbocycles. The molecule has 0 bridgehead atoms. The van der Waals surface area contributed by atoms with Crippen LogP contribution in [0.2, 0.25) is 0 Å². The van der Waals surface area contributed by atoms with Crippen molar-refractivity contribution in [3.63, 3.8) is 0 Å². The molecule has 0 saturated carbocycles. The second kappa shape index (κ2) is 4.62. The Balaban J connectivity index is 3.44. The summed E-state index contributed by atoms with van der Waals surface area (Å²) >= 11 is 7.26. The second-order valence-electron chi connectivity index (χ2n) is 2.42. The molecule has 0 heterocycles. The van der Waals surface area contributed by atoms with Gasteiger partial charge in [-0.25, -0.2) is 0 Å². The zero-order chi connectivity index (χ0) is 10.7. The van der Waals surface area contributed by atoms with Crippen LogP contribution in [0.5, 0.6) is 5.75 Å². The predicted octanol–water partition coefficient (Wildman–Crippen LogP) is 2.55. The van der Waals surface area contributed by atoms with Gasteiger partial charge in [0.1, 0.15) is 11.8 Å². The van der Waals surface area contributed by atoms with E-state index in [1.54, 1.807) is 6.07 Å². The third kappa shape index (κ3) is 2.16. The first-order valence-electron chi connectivity index (χ1n) is 3.57. The van der Waals surface area contributed by atoms with E-state index in [-0.39, 0.29) is 0 Å². The highest BCUT2D eigenvalue weighted by Gasteiger charge is 2.13. The van der Waals surface area contributed by atoms with Crippen molar-refractivity contribution in [2.24, 2.45) is 0 Å². The predicted molar refractivity (Wildman–Crippen MR) is 60.6 cm³/mol. The van der Waals surface area contributed by atoms with E-state index in [2.05, 4.69) is 0 Å². The van der Waals surface area contributed by atoms with Crippen molar-refractivity contribution >= 4 is 39.4 Å². The standard InChI is InChI=1S/C9H5ClINO2/c1-14-6-2-5(4-12)8(11)7(3-6)9(10)13/h2-3H,1H3. The normalized spacial score (nSPS) is 9.29. The molecular weight excluding hydrogens is 316 g/mol. The summed E-state index contributed by atoms with van der Waals surface area (Å²) in [5, 5.41) is 8.19. The van der Waals surface area contributed by atoms with Gasteiger partial charge in [-0.05, 0) is 46.3 Å². The molecule has 1 rings (SSSR count). The van der Waals surface area contributed by atoms with Crippen molar-refractivity contribution in [3.8, 4) is 11.8 Å². The highest BCUT2D eigenvalue weighted by atomic mass is 127. The number of nitrogens with zero attached hydrogens (tertiary/aromatic N) is 1. The second-order valence-corrected chi connectivity index (χ2v) is 3.84. The van der Waals surface area contributed by atoms with Gasteiger partial charge in [0.25, 0.3) is 5.24 Å². The molecule has 0 aromatic heterocycles. The zero-order valence-corrected chi connectivity index (χ0v) is 10.1. The maximum atomic E-state index is 11.0. The SMILES string of the molecule is COc1cc(C#N)c(I)c(C(=O)Cl)c1. The number of carbonyl (C=O) groups excluding carboxylic acids is 1. The number of nitriles is 1. The van der Waals surface area contributed by atoms with E-state index >= 15 is 0 Å². The summed E-state index contributed by atoms with van der Waals surface area (Å²) < 4.78 is 5.48. The summed E-state index contributed by atoms with van der Waals surface area (Å²) in [4.78, 5) is 11.0. The summed E-state index contributed by atoms with van der Waals surface area (Å²) in [6.07, 6.45) is 0. The molecule has 0 amide bonds. The Labute approximate surface area is 99.8 Å². The van der Waals surface area contributed by atoms with Crippen LogP contribution in [0.3, 0.4) is 0 Å². The van der Waals surface area contributed by atoms with Gasteiger partial charge in [-0.2, -0.15) is 5.26 Å². The number of hydrogen-bond donors (Lipinski definition) is 0. The van der Waals surface area contributed by atoms with Gasteiger partial charge in [-0.15, -0.1) is 0 Å². The lowest BCUT2D eigenvalue weighted by Crippen LogP contribution is -1.98. The van der Waals surface area contributed by atoms with E-state index in [0.29, 0.717) is 20.4 Å². The van der Waals surface area contributed by atoms with Gasteiger partial charge in [0.15, 0.2) is 0 Å². The average molecular weight is 322 g/mol. The van der Waals surface area contributed by atoms with E-state index in [0.717, 1.165) is 0 Å². The number of ether oxygens (including phenoxy) is 1. The van der Waals surface area contributed by atoms with Gasteiger partial charge in [-0.1, -0.05) is 0 Å². The van der Waals surface area contributed by atoms with Crippen LogP contribution in [-0.2, 0) is 0 Å². The van der Waals surface area contributed by atoms with Crippen molar-refractivity contribution in [1.82, 2.24) is 0 Å². The summed E-state index contributed by atoms with van der Waals surface area (Å²) in [7, 11) is 1.46. The smallest absolute Gasteiger partial charge is 0.253 e. The van der Waals surface area contributed by atoms with Gasteiger partial charge in [-0.3, -0.25) is 4.79 Å². The van der Waals surface area contributed by atoms with Crippen molar-refractivity contribution in [2.75, 3.05) is 7.11 Å². The van der Waals surface area contributed by atoms with Crippen molar-refractivity contribution in [1.29, 1.82) is 5.26 Å². The fourth-order valence-corrected chi connectivity index (χ4v) is 1.93. The van der Waals surface area contributed by atoms with E-state index in [9.17, 15) is 4.79 Å². The van der Waals surface area contributed by atoms with Crippen molar-refractivity contribution in [3.05, 3.63) is 26.8 Å². The molecule has 3 nitrogen and oxygen atoms in total. The molecule has 0 fully saturated rings. The van der Waals surface area contributed by atoms with Crippen LogP contribution in [0.4, 0.5) is 0 Å². The maximum Gasteiger partial charge on any atom is 0.253 e. The molecule has 0 atom stereocenters. The first-order valence-corrected chi connectivity index (χ1v) is 5.03. The Morgan fingerprint density at radius 3 is 2.71 bits per heavy atom. The molecule has 1 aromatic rings. The lowest BCUT2D eigenvalue weighted by molar-refractivity contribution is 0.108. The average Bonchev–Trinajstić information content (AvgIpc) is 2.17. The Hall–Kier alpha value is -0.800. The van der Waals surface area contributed by atoms with Gasteiger partial charge >= 0.3 is 0 Å². The lowest BCUT2D eigenvalue weighted by atomic mass is 10.1. The van der Waals surface area contributed by atoms with E-state index in [1.165, 1.54) is 13.2 Å². The third-order valence-corrected chi connectivity index (χ3v) is 2.98. The minimum Gasteiger partial charge on any atom is -0.497 e. The Morgan fingerprint density at radius 1 is 1.64 bits per heavy atom. The number of hydrogen-bond acceptors (Lipinski definition) is 3. The quantitative estimate of drug-likeness (QED) is 0.621. The van der Waals surface area contributed by atoms with Crippen LogP contribution in [0.25, 0.3) is 0 Å². The molecular formula is C9H5ClINO2. The van der Waals surface area contributed by atoms with Gasteiger partial charge in [0.2, 0.25) is 0 Å². The number of halogens is 2. The van der Waals surface area contributed by atoms with Crippen LogP contribution in [-0.4, -0.2) is 12.4 Å². The molecule has 0 radical (unpaired) electrons. The summed E-state index contributed by atoms with van der Waals surface area (Å²) in [5.74, 6) is 0.450. The molecule has 0 unspecified atom stereocenters. The molecule has 72 valence electrons. The lowest BCUT2D eigenvalue weighted by Gasteiger charge is -2.05. The zero-order valence-electron chi connectivity index (χ0n) is 7.17. The highest BCUT2D eigenvalue weighted by molar-refractivity contribution is 14.1.